The summed E-state index contributed by atoms with van der Waals surface area (Å²) >= 11 is 0. The number of aliphatic hydroxyl groups is 1. The van der Waals surface area contributed by atoms with Gasteiger partial charge in [0.25, 0.3) is 0 Å². The zero-order chi connectivity index (χ0) is 24.5. The van der Waals surface area contributed by atoms with E-state index in [1.165, 1.54) is 25.7 Å². The Morgan fingerprint density at radius 1 is 0.848 bits per heavy atom. The third kappa shape index (κ3) is 16.1. The van der Waals surface area contributed by atoms with E-state index in [0.29, 0.717) is 37.8 Å². The summed E-state index contributed by atoms with van der Waals surface area (Å²) < 4.78 is 28.6. The van der Waals surface area contributed by atoms with Crippen molar-refractivity contribution in [2.75, 3.05) is 39.6 Å². The van der Waals surface area contributed by atoms with E-state index in [9.17, 15) is 5.11 Å². The van der Waals surface area contributed by atoms with Crippen LogP contribution in [-0.4, -0.2) is 63.4 Å². The van der Waals surface area contributed by atoms with Crippen LogP contribution in [0, 0.1) is 17.3 Å². The molecule has 0 saturated heterocycles. The summed E-state index contributed by atoms with van der Waals surface area (Å²) in [6.45, 7) is 16.9. The largest absolute Gasteiger partial charge is 0.381 e. The van der Waals surface area contributed by atoms with Gasteiger partial charge in [-0.2, -0.15) is 0 Å². The van der Waals surface area contributed by atoms with Gasteiger partial charge in [-0.1, -0.05) is 41.0 Å². The molecule has 0 bridgehead atoms. The summed E-state index contributed by atoms with van der Waals surface area (Å²) in [4.78, 5) is 0. The fourth-order valence-electron chi connectivity index (χ4n) is 4.57. The predicted octanol–water partition coefficient (Wildman–Crippen LogP) is 5.95. The van der Waals surface area contributed by atoms with Crippen LogP contribution < -0.4 is 0 Å². The first-order valence-electron chi connectivity index (χ1n) is 13.5. The van der Waals surface area contributed by atoms with Crippen LogP contribution in [0.3, 0.4) is 0 Å². The molecule has 6 nitrogen and oxygen atoms in total. The zero-order valence-electron chi connectivity index (χ0n) is 22.5. The summed E-state index contributed by atoms with van der Waals surface area (Å²) in [5.74, 6) is 1.51. The fraction of sp³-hybridized carbons (Fsp3) is 1.00. The van der Waals surface area contributed by atoms with E-state index >= 15 is 0 Å². The fourth-order valence-corrected chi connectivity index (χ4v) is 4.57. The molecule has 0 aromatic carbocycles. The van der Waals surface area contributed by atoms with Gasteiger partial charge in [0.1, 0.15) is 0 Å². The van der Waals surface area contributed by atoms with Crippen LogP contribution in [0.2, 0.25) is 0 Å². The summed E-state index contributed by atoms with van der Waals surface area (Å²) in [6, 6.07) is 0. The maximum absolute atomic E-state index is 10.2. The maximum Gasteiger partial charge on any atom is 0.209 e. The van der Waals surface area contributed by atoms with Gasteiger partial charge in [-0.05, 0) is 75.5 Å². The van der Waals surface area contributed by atoms with Crippen LogP contribution in [0.25, 0.3) is 0 Å². The van der Waals surface area contributed by atoms with Crippen LogP contribution >= 0.6 is 0 Å². The molecular weight excluding hydrogens is 420 g/mol. The number of rotatable bonds is 19. The van der Waals surface area contributed by atoms with Gasteiger partial charge in [-0.15, -0.1) is 0 Å². The zero-order valence-corrected chi connectivity index (χ0v) is 22.5. The molecule has 198 valence electrons. The second kappa shape index (κ2) is 18.1. The van der Waals surface area contributed by atoms with E-state index in [1.807, 2.05) is 6.92 Å². The van der Waals surface area contributed by atoms with E-state index in [4.69, 9.17) is 23.7 Å². The lowest BCUT2D eigenvalue weighted by atomic mass is 9.84. The van der Waals surface area contributed by atoms with Crippen molar-refractivity contribution in [3.63, 3.8) is 0 Å². The number of unbranched alkanes of at least 4 members (excludes halogenated alkanes) is 1. The molecule has 0 spiro atoms. The Balaban J connectivity index is 2.07. The first-order chi connectivity index (χ1) is 15.7. The molecule has 0 heterocycles. The van der Waals surface area contributed by atoms with Crippen molar-refractivity contribution in [2.45, 2.75) is 118 Å². The summed E-state index contributed by atoms with van der Waals surface area (Å²) in [5.41, 5.74) is 0.391. The molecule has 3 atom stereocenters. The molecule has 0 amide bonds. The second-order valence-electron chi connectivity index (χ2n) is 10.9. The Kier molecular flexibility index (Phi) is 16.9. The highest BCUT2D eigenvalue weighted by molar-refractivity contribution is 4.73. The first kappa shape index (κ1) is 30.8. The predicted molar refractivity (Wildman–Crippen MR) is 133 cm³/mol. The number of ether oxygens (including phenoxy) is 5. The van der Waals surface area contributed by atoms with Crippen LogP contribution in [0.5, 0.6) is 0 Å². The van der Waals surface area contributed by atoms with Crippen molar-refractivity contribution < 1.29 is 28.8 Å². The smallest absolute Gasteiger partial charge is 0.209 e. The van der Waals surface area contributed by atoms with E-state index in [1.54, 1.807) is 0 Å². The Morgan fingerprint density at radius 2 is 1.48 bits per heavy atom. The molecule has 1 fully saturated rings. The minimum Gasteiger partial charge on any atom is -0.381 e. The molecule has 1 aliphatic carbocycles. The lowest BCUT2D eigenvalue weighted by molar-refractivity contribution is -0.287. The van der Waals surface area contributed by atoms with Gasteiger partial charge in [-0.25, -0.2) is 0 Å². The minimum atomic E-state index is -1.07. The average Bonchev–Trinajstić information content (AvgIpc) is 2.76. The summed E-state index contributed by atoms with van der Waals surface area (Å²) in [5, 5.41) is 10.2. The Morgan fingerprint density at radius 3 is 2.06 bits per heavy atom. The molecule has 0 aromatic heterocycles. The molecule has 0 aliphatic heterocycles. The average molecular weight is 475 g/mol. The number of hydrogen-bond donors (Lipinski definition) is 1. The van der Waals surface area contributed by atoms with Gasteiger partial charge < -0.3 is 28.8 Å². The van der Waals surface area contributed by atoms with Crippen molar-refractivity contribution >= 4 is 0 Å². The standard InChI is InChI=1S/C27H54O6/c1-7-23-11-13-24(14-12-23)33-26(25(28)31-8-2)32-20-19-30-17-10-9-16-29-18-15-22(3)21-27(4,5)6/h22-26,28H,7-21H2,1-6H3. The van der Waals surface area contributed by atoms with Gasteiger partial charge in [0.2, 0.25) is 12.6 Å². The van der Waals surface area contributed by atoms with E-state index in [2.05, 4.69) is 34.6 Å². The molecular formula is C27H54O6. The molecule has 1 saturated carbocycles. The van der Waals surface area contributed by atoms with Crippen LogP contribution in [0.15, 0.2) is 0 Å². The van der Waals surface area contributed by atoms with Crippen LogP contribution in [-0.2, 0) is 23.7 Å². The van der Waals surface area contributed by atoms with Gasteiger partial charge in [-0.3, -0.25) is 0 Å². The Hall–Kier alpha value is -0.240. The van der Waals surface area contributed by atoms with Crippen LogP contribution in [0.1, 0.15) is 99.3 Å². The van der Waals surface area contributed by atoms with Crippen molar-refractivity contribution in [1.82, 2.24) is 0 Å². The van der Waals surface area contributed by atoms with Gasteiger partial charge >= 0.3 is 0 Å². The highest BCUT2D eigenvalue weighted by Gasteiger charge is 2.28. The summed E-state index contributed by atoms with van der Waals surface area (Å²) in [7, 11) is 0. The van der Waals surface area contributed by atoms with Gasteiger partial charge in [0.15, 0.2) is 0 Å². The molecule has 1 rings (SSSR count). The van der Waals surface area contributed by atoms with Crippen LogP contribution in [0.4, 0.5) is 0 Å². The van der Waals surface area contributed by atoms with Crippen molar-refractivity contribution in [2.24, 2.45) is 17.3 Å². The van der Waals surface area contributed by atoms with E-state index < -0.39 is 12.6 Å². The number of aliphatic hydroxyl groups excluding tert-OH is 1. The normalized spacial score (nSPS) is 22.3. The SMILES string of the molecule is CCOC(O)C(OCCOCCCCOCCC(C)CC(C)(C)C)OC1CCC(CC)CC1. The molecule has 33 heavy (non-hydrogen) atoms. The van der Waals surface area contributed by atoms with Gasteiger partial charge in [0.05, 0.1) is 19.3 Å². The molecule has 1 N–H and O–H groups in total. The van der Waals surface area contributed by atoms with Gasteiger partial charge in [0, 0.05) is 26.4 Å². The quantitative estimate of drug-likeness (QED) is 0.184. The van der Waals surface area contributed by atoms with Crippen molar-refractivity contribution in [3.8, 4) is 0 Å². The molecule has 0 aromatic rings. The Bertz CT molecular complexity index is 444. The second-order valence-corrected chi connectivity index (χ2v) is 10.9. The van der Waals surface area contributed by atoms with Crippen molar-refractivity contribution in [1.29, 1.82) is 0 Å². The number of hydrogen-bond acceptors (Lipinski definition) is 6. The third-order valence-electron chi connectivity index (χ3n) is 6.32. The molecule has 6 heteroatoms. The molecule has 1 aliphatic rings. The van der Waals surface area contributed by atoms with Crippen molar-refractivity contribution in [3.05, 3.63) is 0 Å². The molecule has 0 radical (unpaired) electrons. The lowest BCUT2D eigenvalue weighted by Gasteiger charge is -2.32. The summed E-state index contributed by atoms with van der Waals surface area (Å²) in [6.07, 6.45) is 8.28. The van der Waals surface area contributed by atoms with E-state index in [0.717, 1.165) is 51.2 Å². The Labute approximate surface area is 204 Å². The highest BCUT2D eigenvalue weighted by atomic mass is 16.7. The third-order valence-corrected chi connectivity index (χ3v) is 6.32. The van der Waals surface area contributed by atoms with E-state index in [-0.39, 0.29) is 6.10 Å². The minimum absolute atomic E-state index is 0.130. The molecule has 3 unspecified atom stereocenters. The highest BCUT2D eigenvalue weighted by Crippen LogP contribution is 2.29. The topological polar surface area (TPSA) is 66.4 Å². The monoisotopic (exact) mass is 474 g/mol. The maximum atomic E-state index is 10.2. The first-order valence-corrected chi connectivity index (χ1v) is 13.5. The lowest BCUT2D eigenvalue weighted by Crippen LogP contribution is -2.39.